The van der Waals surface area contributed by atoms with Crippen LogP contribution in [0.2, 0.25) is 5.02 Å². The van der Waals surface area contributed by atoms with Gasteiger partial charge in [0.05, 0.1) is 0 Å². The summed E-state index contributed by atoms with van der Waals surface area (Å²) >= 11 is 5.95. The molecule has 0 aliphatic heterocycles. The van der Waals surface area contributed by atoms with E-state index in [0.29, 0.717) is 22.8 Å². The van der Waals surface area contributed by atoms with Gasteiger partial charge in [-0.05, 0) is 42.0 Å². The molecule has 0 radical (unpaired) electrons. The molecule has 1 heterocycles. The van der Waals surface area contributed by atoms with E-state index in [2.05, 4.69) is 15.6 Å². The van der Waals surface area contributed by atoms with Gasteiger partial charge < -0.3 is 15.6 Å². The molecule has 0 unspecified atom stereocenters. The number of halogens is 1. The fraction of sp³-hybridized carbons (Fsp3) is 0.111. The molecule has 3 rings (SSSR count). The Labute approximate surface area is 144 Å². The van der Waals surface area contributed by atoms with Crippen LogP contribution in [0.5, 0.6) is 0 Å². The van der Waals surface area contributed by atoms with Crippen LogP contribution in [0, 0.1) is 0 Å². The molecule has 5 nitrogen and oxygen atoms in total. The van der Waals surface area contributed by atoms with Crippen LogP contribution in [0.15, 0.2) is 48.5 Å². The Hall–Kier alpha value is -2.79. The molecule has 0 aliphatic rings. The average molecular weight is 342 g/mol. The number of carbonyl (C=O) groups excluding carboxylic acids is 2. The van der Waals surface area contributed by atoms with Gasteiger partial charge in [0.2, 0.25) is 0 Å². The zero-order valence-corrected chi connectivity index (χ0v) is 13.8. The second kappa shape index (κ2) is 6.76. The fourth-order valence-corrected chi connectivity index (χ4v) is 2.65. The molecule has 0 saturated carbocycles. The summed E-state index contributed by atoms with van der Waals surface area (Å²) < 4.78 is 0. The second-order valence-corrected chi connectivity index (χ2v) is 5.81. The maximum absolute atomic E-state index is 12.3. The third-order valence-corrected chi connectivity index (χ3v) is 3.93. The van der Waals surface area contributed by atoms with Gasteiger partial charge in [0.1, 0.15) is 5.69 Å². The van der Waals surface area contributed by atoms with E-state index in [0.717, 1.165) is 16.5 Å². The summed E-state index contributed by atoms with van der Waals surface area (Å²) in [5, 5.41) is 6.92. The van der Waals surface area contributed by atoms with Crippen molar-refractivity contribution in [3.63, 3.8) is 0 Å². The van der Waals surface area contributed by atoms with Gasteiger partial charge >= 0.3 is 0 Å². The first-order valence-electron chi connectivity index (χ1n) is 7.44. The number of hydrogen-bond acceptors (Lipinski definition) is 2. The molecule has 0 saturated heterocycles. The number of aromatic amines is 1. The first-order chi connectivity index (χ1) is 11.6. The highest BCUT2D eigenvalue weighted by Crippen LogP contribution is 2.20. The molecular formula is C18H16ClN3O2. The maximum atomic E-state index is 12.3. The predicted molar refractivity (Wildman–Crippen MR) is 94.3 cm³/mol. The molecule has 2 aromatic carbocycles. The van der Waals surface area contributed by atoms with Crippen molar-refractivity contribution in [3.05, 3.63) is 70.4 Å². The molecule has 3 N–H and O–H groups in total. The molecular weight excluding hydrogens is 326 g/mol. The van der Waals surface area contributed by atoms with Gasteiger partial charge in [-0.1, -0.05) is 23.7 Å². The van der Waals surface area contributed by atoms with Crippen LogP contribution in [0.25, 0.3) is 10.9 Å². The Bertz CT molecular complexity index is 918. The second-order valence-electron chi connectivity index (χ2n) is 5.38. The molecule has 0 atom stereocenters. The third kappa shape index (κ3) is 3.41. The van der Waals surface area contributed by atoms with Crippen molar-refractivity contribution in [1.29, 1.82) is 0 Å². The van der Waals surface area contributed by atoms with Crippen molar-refractivity contribution < 1.29 is 9.59 Å². The molecule has 3 aromatic rings. The SMILES string of the molecule is CNC(=O)c1cccc(CNC(=O)c2cc3cc(Cl)ccc3[nH]2)c1. The lowest BCUT2D eigenvalue weighted by Gasteiger charge is -2.06. The number of benzene rings is 2. The lowest BCUT2D eigenvalue weighted by molar-refractivity contribution is 0.0945. The number of nitrogens with one attached hydrogen (secondary N) is 3. The van der Waals surface area contributed by atoms with Crippen LogP contribution < -0.4 is 10.6 Å². The quantitative estimate of drug-likeness (QED) is 0.682. The van der Waals surface area contributed by atoms with Crippen LogP contribution in [-0.4, -0.2) is 23.8 Å². The average Bonchev–Trinajstić information content (AvgIpc) is 3.02. The monoisotopic (exact) mass is 341 g/mol. The highest BCUT2D eigenvalue weighted by atomic mass is 35.5. The first-order valence-corrected chi connectivity index (χ1v) is 7.82. The Morgan fingerprint density at radius 3 is 2.71 bits per heavy atom. The number of carbonyl (C=O) groups is 2. The zero-order chi connectivity index (χ0) is 17.1. The minimum absolute atomic E-state index is 0.157. The van der Waals surface area contributed by atoms with Crippen molar-refractivity contribution in [1.82, 2.24) is 15.6 Å². The zero-order valence-electron chi connectivity index (χ0n) is 13.0. The Morgan fingerprint density at radius 1 is 1.08 bits per heavy atom. The summed E-state index contributed by atoms with van der Waals surface area (Å²) in [7, 11) is 1.58. The van der Waals surface area contributed by atoms with E-state index in [1.807, 2.05) is 12.1 Å². The number of rotatable bonds is 4. The van der Waals surface area contributed by atoms with Crippen LogP contribution in [0.1, 0.15) is 26.4 Å². The van der Waals surface area contributed by atoms with E-state index in [-0.39, 0.29) is 11.8 Å². The number of aromatic nitrogens is 1. The molecule has 0 fully saturated rings. The Morgan fingerprint density at radius 2 is 1.92 bits per heavy atom. The Balaban J connectivity index is 1.71. The smallest absolute Gasteiger partial charge is 0.267 e. The number of hydrogen-bond donors (Lipinski definition) is 3. The van der Waals surface area contributed by atoms with Gasteiger partial charge in [0.25, 0.3) is 11.8 Å². The van der Waals surface area contributed by atoms with Crippen molar-refractivity contribution in [3.8, 4) is 0 Å². The van der Waals surface area contributed by atoms with Crippen molar-refractivity contribution in [2.24, 2.45) is 0 Å². The molecule has 122 valence electrons. The minimum atomic E-state index is -0.215. The number of amides is 2. The van der Waals surface area contributed by atoms with E-state index in [1.165, 1.54) is 0 Å². The normalized spacial score (nSPS) is 10.6. The highest BCUT2D eigenvalue weighted by molar-refractivity contribution is 6.31. The molecule has 6 heteroatoms. The summed E-state index contributed by atoms with van der Waals surface area (Å²) in [6, 6.07) is 14.3. The van der Waals surface area contributed by atoms with E-state index in [4.69, 9.17) is 11.6 Å². The summed E-state index contributed by atoms with van der Waals surface area (Å²) in [6.45, 7) is 0.333. The van der Waals surface area contributed by atoms with Crippen LogP contribution in [0.4, 0.5) is 0 Å². The molecule has 0 spiro atoms. The summed E-state index contributed by atoms with van der Waals surface area (Å²) in [5.74, 6) is -0.372. The van der Waals surface area contributed by atoms with Crippen LogP contribution >= 0.6 is 11.6 Å². The van der Waals surface area contributed by atoms with Crippen molar-refractivity contribution >= 4 is 34.3 Å². The van der Waals surface area contributed by atoms with Crippen molar-refractivity contribution in [2.75, 3.05) is 7.05 Å². The van der Waals surface area contributed by atoms with Gasteiger partial charge in [0.15, 0.2) is 0 Å². The van der Waals surface area contributed by atoms with Crippen molar-refractivity contribution in [2.45, 2.75) is 6.54 Å². The standard InChI is InChI=1S/C18H16ClN3O2/c1-20-17(23)12-4-2-3-11(7-12)10-21-18(24)16-9-13-8-14(19)5-6-15(13)22-16/h2-9,22H,10H2,1H3,(H,20,23)(H,21,24). The summed E-state index contributed by atoms with van der Waals surface area (Å²) in [4.78, 5) is 27.0. The maximum Gasteiger partial charge on any atom is 0.267 e. The molecule has 2 amide bonds. The molecule has 0 aliphatic carbocycles. The number of H-pyrrole nitrogens is 1. The minimum Gasteiger partial charge on any atom is -0.355 e. The van der Waals surface area contributed by atoms with E-state index in [9.17, 15) is 9.59 Å². The van der Waals surface area contributed by atoms with Gasteiger partial charge in [-0.3, -0.25) is 9.59 Å². The van der Waals surface area contributed by atoms with E-state index < -0.39 is 0 Å². The van der Waals surface area contributed by atoms with Gasteiger partial charge in [0, 0.05) is 35.1 Å². The largest absolute Gasteiger partial charge is 0.355 e. The highest BCUT2D eigenvalue weighted by Gasteiger charge is 2.10. The molecule has 1 aromatic heterocycles. The third-order valence-electron chi connectivity index (χ3n) is 3.70. The molecule has 24 heavy (non-hydrogen) atoms. The fourth-order valence-electron chi connectivity index (χ4n) is 2.47. The van der Waals surface area contributed by atoms with E-state index in [1.54, 1.807) is 43.4 Å². The number of fused-ring (bicyclic) bond motifs is 1. The lowest BCUT2D eigenvalue weighted by atomic mass is 10.1. The first kappa shape index (κ1) is 16.1. The van der Waals surface area contributed by atoms with E-state index >= 15 is 0 Å². The van der Waals surface area contributed by atoms with Gasteiger partial charge in [-0.25, -0.2) is 0 Å². The molecule has 0 bridgehead atoms. The predicted octanol–water partition coefficient (Wildman–Crippen LogP) is 3.11. The summed E-state index contributed by atoms with van der Waals surface area (Å²) in [6.07, 6.45) is 0. The van der Waals surface area contributed by atoms with Crippen LogP contribution in [-0.2, 0) is 6.54 Å². The lowest BCUT2D eigenvalue weighted by Crippen LogP contribution is -2.23. The van der Waals surface area contributed by atoms with Gasteiger partial charge in [-0.2, -0.15) is 0 Å². The van der Waals surface area contributed by atoms with Crippen LogP contribution in [0.3, 0.4) is 0 Å². The Kier molecular flexibility index (Phi) is 4.53. The topological polar surface area (TPSA) is 74.0 Å². The summed E-state index contributed by atoms with van der Waals surface area (Å²) in [5.41, 5.74) is 2.73. The van der Waals surface area contributed by atoms with Gasteiger partial charge in [-0.15, -0.1) is 0 Å².